The van der Waals surface area contributed by atoms with E-state index < -0.39 is 0 Å². The third kappa shape index (κ3) is 3.19. The second-order valence-electron chi connectivity index (χ2n) is 6.08. The van der Waals surface area contributed by atoms with Crippen LogP contribution in [0.2, 0.25) is 0 Å². The van der Waals surface area contributed by atoms with Crippen LogP contribution in [0, 0.1) is 0 Å². The lowest BCUT2D eigenvalue weighted by atomic mass is 10.2. The number of aromatic nitrogens is 4. The van der Waals surface area contributed by atoms with Crippen molar-refractivity contribution in [3.63, 3.8) is 0 Å². The van der Waals surface area contributed by atoms with E-state index in [9.17, 15) is 0 Å². The Labute approximate surface area is 150 Å². The Kier molecular flexibility index (Phi) is 4.31. The lowest BCUT2D eigenvalue weighted by molar-refractivity contribution is 0.402. The first-order valence-electron chi connectivity index (χ1n) is 8.25. The lowest BCUT2D eigenvalue weighted by Crippen LogP contribution is -2.20. The first-order valence-corrected chi connectivity index (χ1v) is 9.03. The summed E-state index contributed by atoms with van der Waals surface area (Å²) in [5.74, 6) is 2.42. The van der Waals surface area contributed by atoms with E-state index in [0.717, 1.165) is 53.6 Å². The zero-order valence-electron chi connectivity index (χ0n) is 14.3. The largest absolute Gasteiger partial charge is 0.480 e. The molecular formula is C18H19N5OS. The molecule has 7 heteroatoms. The Bertz CT molecular complexity index is 880. The first kappa shape index (κ1) is 16.0. The van der Waals surface area contributed by atoms with E-state index in [1.807, 2.05) is 24.4 Å². The smallest absolute Gasteiger partial charge is 0.225 e. The summed E-state index contributed by atoms with van der Waals surface area (Å²) < 4.78 is 9.45. The number of aryl methyl sites for hydroxylation is 1. The highest BCUT2D eigenvalue weighted by atomic mass is 32.1. The molecule has 3 aromatic heterocycles. The van der Waals surface area contributed by atoms with Gasteiger partial charge in [0.1, 0.15) is 5.82 Å². The molecule has 3 heterocycles. The number of fused-ring (bicyclic) bond motifs is 1. The maximum atomic E-state index is 5.18. The van der Waals surface area contributed by atoms with Gasteiger partial charge in [-0.2, -0.15) is 4.37 Å². The number of methoxy groups -OCH3 is 1. The highest BCUT2D eigenvalue weighted by Crippen LogP contribution is 2.32. The van der Waals surface area contributed by atoms with Crippen molar-refractivity contribution in [3.8, 4) is 17.3 Å². The van der Waals surface area contributed by atoms with Gasteiger partial charge >= 0.3 is 0 Å². The van der Waals surface area contributed by atoms with E-state index in [0.29, 0.717) is 5.88 Å². The number of hydrogen-bond acceptors (Lipinski definition) is 7. The fourth-order valence-corrected chi connectivity index (χ4v) is 3.87. The van der Waals surface area contributed by atoms with Crippen LogP contribution in [0.25, 0.3) is 11.4 Å². The molecule has 0 fully saturated rings. The van der Waals surface area contributed by atoms with E-state index >= 15 is 0 Å². The van der Waals surface area contributed by atoms with Gasteiger partial charge in [-0.3, -0.25) is 4.98 Å². The van der Waals surface area contributed by atoms with Gasteiger partial charge in [-0.15, -0.1) is 0 Å². The van der Waals surface area contributed by atoms with Gasteiger partial charge in [-0.1, -0.05) is 0 Å². The van der Waals surface area contributed by atoms with Gasteiger partial charge < -0.3 is 9.64 Å². The van der Waals surface area contributed by atoms with Crippen molar-refractivity contribution < 1.29 is 4.74 Å². The third-order valence-electron chi connectivity index (χ3n) is 4.33. The van der Waals surface area contributed by atoms with Crippen molar-refractivity contribution in [1.82, 2.24) is 19.3 Å². The predicted molar refractivity (Wildman–Crippen MR) is 98.1 cm³/mol. The van der Waals surface area contributed by atoms with E-state index in [-0.39, 0.29) is 0 Å². The third-order valence-corrected chi connectivity index (χ3v) is 5.08. The molecular weight excluding hydrogens is 334 g/mol. The summed E-state index contributed by atoms with van der Waals surface area (Å²) in [5.41, 5.74) is 3.38. The average molecular weight is 353 g/mol. The van der Waals surface area contributed by atoms with Crippen LogP contribution < -0.4 is 9.64 Å². The highest BCUT2D eigenvalue weighted by molar-refractivity contribution is 7.05. The molecule has 1 aliphatic rings. The SMILES string of the molecule is COc1cc(CN(C)c2nc(-c3cccnc3)nc3c2CCC3)sn1. The number of nitrogens with zero attached hydrogens (tertiary/aromatic N) is 5. The average Bonchev–Trinajstić information content (AvgIpc) is 3.30. The molecule has 25 heavy (non-hydrogen) atoms. The van der Waals surface area contributed by atoms with Crippen LogP contribution in [-0.2, 0) is 19.4 Å². The molecule has 128 valence electrons. The molecule has 0 amide bonds. The number of anilines is 1. The molecule has 0 bridgehead atoms. The van der Waals surface area contributed by atoms with E-state index in [1.165, 1.54) is 17.1 Å². The van der Waals surface area contributed by atoms with Gasteiger partial charge in [0.05, 0.1) is 13.7 Å². The second-order valence-corrected chi connectivity index (χ2v) is 6.97. The van der Waals surface area contributed by atoms with E-state index in [1.54, 1.807) is 13.3 Å². The van der Waals surface area contributed by atoms with Crippen molar-refractivity contribution in [3.05, 3.63) is 46.7 Å². The van der Waals surface area contributed by atoms with Crippen LogP contribution in [-0.4, -0.2) is 33.5 Å². The Balaban J connectivity index is 1.69. The molecule has 0 aliphatic heterocycles. The summed E-state index contributed by atoms with van der Waals surface area (Å²) in [5, 5.41) is 0. The molecule has 0 atom stereocenters. The van der Waals surface area contributed by atoms with Gasteiger partial charge in [-0.25, -0.2) is 9.97 Å². The number of hydrogen-bond donors (Lipinski definition) is 0. The molecule has 1 aliphatic carbocycles. The Morgan fingerprint density at radius 2 is 2.20 bits per heavy atom. The maximum absolute atomic E-state index is 5.18. The highest BCUT2D eigenvalue weighted by Gasteiger charge is 2.22. The number of pyridine rings is 1. The monoisotopic (exact) mass is 353 g/mol. The number of ether oxygens (including phenoxy) is 1. The zero-order valence-corrected chi connectivity index (χ0v) is 15.1. The summed E-state index contributed by atoms with van der Waals surface area (Å²) in [4.78, 5) is 17.2. The van der Waals surface area contributed by atoms with Crippen molar-refractivity contribution in [2.24, 2.45) is 0 Å². The molecule has 4 rings (SSSR count). The fraction of sp³-hybridized carbons (Fsp3) is 0.333. The molecule has 0 spiro atoms. The molecule has 0 N–H and O–H groups in total. The van der Waals surface area contributed by atoms with Crippen LogP contribution in [0.4, 0.5) is 5.82 Å². The molecule has 3 aromatic rings. The van der Waals surface area contributed by atoms with E-state index in [4.69, 9.17) is 14.7 Å². The van der Waals surface area contributed by atoms with Crippen molar-refractivity contribution in [2.45, 2.75) is 25.8 Å². The van der Waals surface area contributed by atoms with Gasteiger partial charge in [0.25, 0.3) is 0 Å². The van der Waals surface area contributed by atoms with Crippen LogP contribution in [0.15, 0.2) is 30.6 Å². The fourth-order valence-electron chi connectivity index (χ4n) is 3.13. The zero-order chi connectivity index (χ0) is 17.2. The van der Waals surface area contributed by atoms with E-state index in [2.05, 4.69) is 21.3 Å². The summed E-state index contributed by atoms with van der Waals surface area (Å²) in [6.45, 7) is 0.747. The Morgan fingerprint density at radius 3 is 2.96 bits per heavy atom. The second kappa shape index (κ2) is 6.76. The quantitative estimate of drug-likeness (QED) is 0.702. The summed E-state index contributed by atoms with van der Waals surface area (Å²) in [6.07, 6.45) is 6.76. The Morgan fingerprint density at radius 1 is 1.28 bits per heavy atom. The van der Waals surface area contributed by atoms with Gasteiger partial charge in [0.2, 0.25) is 5.88 Å². The van der Waals surface area contributed by atoms with Gasteiger partial charge in [0, 0.05) is 47.2 Å². The topological polar surface area (TPSA) is 64.0 Å². The van der Waals surface area contributed by atoms with Crippen LogP contribution in [0.5, 0.6) is 5.88 Å². The first-order chi connectivity index (χ1) is 12.2. The van der Waals surface area contributed by atoms with Crippen molar-refractivity contribution in [2.75, 3.05) is 19.1 Å². The van der Waals surface area contributed by atoms with Crippen LogP contribution in [0.1, 0.15) is 22.6 Å². The van der Waals surface area contributed by atoms with Crippen LogP contribution in [0.3, 0.4) is 0 Å². The summed E-state index contributed by atoms with van der Waals surface area (Å²) in [7, 11) is 3.71. The standard InChI is InChI=1S/C18H19N5OS/c1-23(11-13-9-16(24-2)22-25-13)18-14-6-3-7-15(14)20-17(21-18)12-5-4-8-19-10-12/h4-5,8-10H,3,6-7,11H2,1-2H3. The molecule has 0 saturated carbocycles. The van der Waals surface area contributed by atoms with Crippen molar-refractivity contribution >= 4 is 17.4 Å². The van der Waals surface area contributed by atoms with Gasteiger partial charge in [-0.05, 0) is 42.9 Å². The number of rotatable bonds is 5. The molecule has 0 aromatic carbocycles. The molecule has 0 radical (unpaired) electrons. The molecule has 6 nitrogen and oxygen atoms in total. The minimum atomic E-state index is 0.664. The lowest BCUT2D eigenvalue weighted by Gasteiger charge is -2.21. The van der Waals surface area contributed by atoms with Crippen LogP contribution >= 0.6 is 11.5 Å². The summed E-state index contributed by atoms with van der Waals surface area (Å²) in [6, 6.07) is 5.89. The summed E-state index contributed by atoms with van der Waals surface area (Å²) >= 11 is 1.46. The minimum absolute atomic E-state index is 0.664. The maximum Gasteiger partial charge on any atom is 0.225 e. The molecule has 0 unspecified atom stereocenters. The molecule has 0 saturated heterocycles. The van der Waals surface area contributed by atoms with Gasteiger partial charge in [0.15, 0.2) is 5.82 Å². The predicted octanol–water partition coefficient (Wildman–Crippen LogP) is 3.13. The Hall–Kier alpha value is -2.54. The van der Waals surface area contributed by atoms with Crippen molar-refractivity contribution in [1.29, 1.82) is 0 Å². The normalized spacial score (nSPS) is 12.9. The minimum Gasteiger partial charge on any atom is -0.480 e.